The van der Waals surface area contributed by atoms with Crippen LogP contribution in [0.15, 0.2) is 24.3 Å². The summed E-state index contributed by atoms with van der Waals surface area (Å²) in [7, 11) is 0. The Morgan fingerprint density at radius 1 is 1.11 bits per heavy atom. The summed E-state index contributed by atoms with van der Waals surface area (Å²) in [5.41, 5.74) is 0.751. The van der Waals surface area contributed by atoms with Crippen molar-refractivity contribution < 1.29 is 9.59 Å². The highest BCUT2D eigenvalue weighted by Crippen LogP contribution is 2.18. The molecule has 154 valence electrons. The Balaban J connectivity index is 1.44. The van der Waals surface area contributed by atoms with Crippen LogP contribution < -0.4 is 5.32 Å². The summed E-state index contributed by atoms with van der Waals surface area (Å²) in [5.74, 6) is 0.225. The first-order valence-electron chi connectivity index (χ1n) is 10.3. The van der Waals surface area contributed by atoms with Crippen LogP contribution in [0.3, 0.4) is 0 Å². The molecule has 2 aliphatic rings. The Morgan fingerprint density at radius 2 is 1.79 bits per heavy atom. The van der Waals surface area contributed by atoms with Gasteiger partial charge in [0.25, 0.3) is 0 Å². The number of piperazine rings is 1. The fraction of sp³-hybridized carbons (Fsp3) is 0.619. The normalized spacial score (nSPS) is 22.7. The number of hydrogen-bond acceptors (Lipinski definition) is 4. The summed E-state index contributed by atoms with van der Waals surface area (Å²) in [4.78, 5) is 31.6. The van der Waals surface area contributed by atoms with Gasteiger partial charge < -0.3 is 10.2 Å². The maximum Gasteiger partial charge on any atom is 0.241 e. The average molecular weight is 407 g/mol. The van der Waals surface area contributed by atoms with Gasteiger partial charge in [-0.25, -0.2) is 0 Å². The van der Waals surface area contributed by atoms with Gasteiger partial charge >= 0.3 is 0 Å². The molecule has 0 bridgehead atoms. The third-order valence-electron chi connectivity index (χ3n) is 5.93. The summed E-state index contributed by atoms with van der Waals surface area (Å²) in [6.45, 7) is 8.66. The Bertz CT molecular complexity index is 673. The van der Waals surface area contributed by atoms with Crippen molar-refractivity contribution in [1.29, 1.82) is 0 Å². The molecule has 1 aromatic carbocycles. The average Bonchev–Trinajstić information content (AvgIpc) is 2.70. The Hall–Kier alpha value is -1.63. The minimum absolute atomic E-state index is 0.0195. The number of piperidine rings is 1. The predicted octanol–water partition coefficient (Wildman–Crippen LogP) is 2.69. The SMILES string of the molecule is CC(C(=O)Nc1ccc(Cl)cc1)N1CCN(CC(=O)N2CCCCC2C)CC1. The van der Waals surface area contributed by atoms with Gasteiger partial charge in [0.05, 0.1) is 12.6 Å². The van der Waals surface area contributed by atoms with Gasteiger partial charge in [-0.1, -0.05) is 11.6 Å². The van der Waals surface area contributed by atoms with Crippen LogP contribution in [0, 0.1) is 0 Å². The summed E-state index contributed by atoms with van der Waals surface area (Å²) < 4.78 is 0. The zero-order valence-corrected chi connectivity index (χ0v) is 17.6. The first-order valence-corrected chi connectivity index (χ1v) is 10.6. The van der Waals surface area contributed by atoms with E-state index in [1.165, 1.54) is 6.42 Å². The highest BCUT2D eigenvalue weighted by molar-refractivity contribution is 6.30. The second-order valence-corrected chi connectivity index (χ2v) is 8.35. The molecule has 0 spiro atoms. The second-order valence-electron chi connectivity index (χ2n) is 7.92. The molecule has 0 radical (unpaired) electrons. The third-order valence-corrected chi connectivity index (χ3v) is 6.18. The van der Waals surface area contributed by atoms with E-state index in [4.69, 9.17) is 11.6 Å². The molecule has 3 rings (SSSR count). The van der Waals surface area contributed by atoms with E-state index in [2.05, 4.69) is 22.0 Å². The highest BCUT2D eigenvalue weighted by Gasteiger charge is 2.29. The standard InChI is InChI=1S/C21H31ClN4O2/c1-16-5-3-4-10-26(16)20(27)15-24-11-13-25(14-12-24)17(2)21(28)23-19-8-6-18(22)7-9-19/h6-9,16-17H,3-5,10-15H2,1-2H3,(H,23,28). The van der Waals surface area contributed by atoms with Crippen LogP contribution in [0.4, 0.5) is 5.69 Å². The number of nitrogens with zero attached hydrogens (tertiary/aromatic N) is 3. The van der Waals surface area contributed by atoms with Crippen LogP contribution in [0.1, 0.15) is 33.1 Å². The number of benzene rings is 1. The van der Waals surface area contributed by atoms with Crippen molar-refractivity contribution in [3.8, 4) is 0 Å². The molecule has 2 fully saturated rings. The molecule has 0 saturated carbocycles. The summed E-state index contributed by atoms with van der Waals surface area (Å²) in [6.07, 6.45) is 3.45. The number of likely N-dealkylation sites (tertiary alicyclic amines) is 1. The summed E-state index contributed by atoms with van der Waals surface area (Å²) >= 11 is 5.89. The van der Waals surface area contributed by atoms with E-state index >= 15 is 0 Å². The molecule has 2 saturated heterocycles. The van der Waals surface area contributed by atoms with Crippen molar-refractivity contribution in [1.82, 2.24) is 14.7 Å². The van der Waals surface area contributed by atoms with E-state index in [-0.39, 0.29) is 17.9 Å². The molecule has 2 aliphatic heterocycles. The number of hydrogen-bond donors (Lipinski definition) is 1. The quantitative estimate of drug-likeness (QED) is 0.816. The van der Waals surface area contributed by atoms with Gasteiger partial charge in [-0.15, -0.1) is 0 Å². The van der Waals surface area contributed by atoms with Gasteiger partial charge in [-0.3, -0.25) is 19.4 Å². The van der Waals surface area contributed by atoms with Crippen molar-refractivity contribution in [2.45, 2.75) is 45.2 Å². The number of nitrogens with one attached hydrogen (secondary N) is 1. The second kappa shape index (κ2) is 9.72. The van der Waals surface area contributed by atoms with Crippen molar-refractivity contribution in [2.75, 3.05) is 44.6 Å². The minimum Gasteiger partial charge on any atom is -0.339 e. The molecule has 2 unspecified atom stereocenters. The van der Waals surface area contributed by atoms with E-state index < -0.39 is 0 Å². The fourth-order valence-corrected chi connectivity index (χ4v) is 4.13. The molecular formula is C21H31ClN4O2. The van der Waals surface area contributed by atoms with Crippen LogP contribution in [0.5, 0.6) is 0 Å². The van der Waals surface area contributed by atoms with Gasteiger partial charge in [0.1, 0.15) is 0 Å². The van der Waals surface area contributed by atoms with Crippen molar-refractivity contribution in [3.63, 3.8) is 0 Å². The van der Waals surface area contributed by atoms with Crippen molar-refractivity contribution >= 4 is 29.1 Å². The highest BCUT2D eigenvalue weighted by atomic mass is 35.5. The monoisotopic (exact) mass is 406 g/mol. The van der Waals surface area contributed by atoms with Crippen LogP contribution >= 0.6 is 11.6 Å². The van der Waals surface area contributed by atoms with Crippen LogP contribution in [-0.2, 0) is 9.59 Å². The van der Waals surface area contributed by atoms with Gasteiger partial charge in [0, 0.05) is 49.5 Å². The topological polar surface area (TPSA) is 55.9 Å². The Morgan fingerprint density at radius 3 is 2.43 bits per heavy atom. The largest absolute Gasteiger partial charge is 0.339 e. The van der Waals surface area contributed by atoms with Crippen molar-refractivity contribution in [2.24, 2.45) is 0 Å². The smallest absolute Gasteiger partial charge is 0.241 e. The number of rotatable bonds is 5. The zero-order valence-electron chi connectivity index (χ0n) is 16.9. The first kappa shape index (κ1) is 21.1. The number of carbonyl (C=O) groups excluding carboxylic acids is 2. The number of halogens is 1. The maximum absolute atomic E-state index is 12.6. The predicted molar refractivity (Wildman–Crippen MR) is 113 cm³/mol. The number of carbonyl (C=O) groups is 2. The lowest BCUT2D eigenvalue weighted by molar-refractivity contribution is -0.136. The lowest BCUT2D eigenvalue weighted by atomic mass is 10.0. The van der Waals surface area contributed by atoms with E-state index in [1.807, 2.05) is 11.8 Å². The summed E-state index contributed by atoms with van der Waals surface area (Å²) in [5, 5.41) is 3.59. The Labute approximate surface area is 172 Å². The Kier molecular flexibility index (Phi) is 7.32. The van der Waals surface area contributed by atoms with Crippen LogP contribution in [0.2, 0.25) is 5.02 Å². The molecule has 1 N–H and O–H groups in total. The van der Waals surface area contributed by atoms with E-state index in [0.29, 0.717) is 17.6 Å². The van der Waals surface area contributed by atoms with E-state index in [1.54, 1.807) is 24.3 Å². The lowest BCUT2D eigenvalue weighted by Crippen LogP contribution is -2.55. The van der Waals surface area contributed by atoms with Gasteiger partial charge in [0.15, 0.2) is 0 Å². The van der Waals surface area contributed by atoms with E-state index in [0.717, 1.165) is 51.3 Å². The molecule has 28 heavy (non-hydrogen) atoms. The molecule has 0 aromatic heterocycles. The van der Waals surface area contributed by atoms with Crippen molar-refractivity contribution in [3.05, 3.63) is 29.3 Å². The molecule has 0 aliphatic carbocycles. The van der Waals surface area contributed by atoms with E-state index in [9.17, 15) is 9.59 Å². The van der Waals surface area contributed by atoms with Crippen LogP contribution in [0.25, 0.3) is 0 Å². The molecule has 6 nitrogen and oxygen atoms in total. The first-order chi connectivity index (χ1) is 13.4. The van der Waals surface area contributed by atoms with Gasteiger partial charge in [-0.05, 0) is 57.4 Å². The molecule has 7 heteroatoms. The number of amides is 2. The third kappa shape index (κ3) is 5.46. The molecule has 2 amide bonds. The molecule has 2 heterocycles. The minimum atomic E-state index is -0.212. The lowest BCUT2D eigenvalue weighted by Gasteiger charge is -2.39. The maximum atomic E-state index is 12.6. The van der Waals surface area contributed by atoms with Gasteiger partial charge in [0.2, 0.25) is 11.8 Å². The zero-order chi connectivity index (χ0) is 20.1. The molecule has 1 aromatic rings. The van der Waals surface area contributed by atoms with Gasteiger partial charge in [-0.2, -0.15) is 0 Å². The summed E-state index contributed by atoms with van der Waals surface area (Å²) in [6, 6.07) is 7.28. The fourth-order valence-electron chi connectivity index (χ4n) is 4.01. The molecular weight excluding hydrogens is 376 g/mol. The van der Waals surface area contributed by atoms with Crippen LogP contribution in [-0.4, -0.2) is 77.9 Å². The molecule has 2 atom stereocenters. The number of anilines is 1.